The maximum absolute atomic E-state index is 13.3. The molecule has 0 aliphatic carbocycles. The lowest BCUT2D eigenvalue weighted by atomic mass is 9.91. The number of hydrogen-bond donors (Lipinski definition) is 1. The van der Waals surface area contributed by atoms with Crippen LogP contribution in [0.3, 0.4) is 0 Å². The molecule has 1 aromatic heterocycles. The Morgan fingerprint density at radius 2 is 2.00 bits per heavy atom. The number of imide groups is 1. The van der Waals surface area contributed by atoms with Crippen LogP contribution in [0.15, 0.2) is 41.8 Å². The van der Waals surface area contributed by atoms with Crippen molar-refractivity contribution in [3.8, 4) is 22.8 Å². The summed E-state index contributed by atoms with van der Waals surface area (Å²) in [7, 11) is 0. The number of carbonyl (C=O) groups is 3. The van der Waals surface area contributed by atoms with Gasteiger partial charge in [-0.2, -0.15) is 0 Å². The SMILES string of the molecule is Cc1nc(-c2ccc3c(c2)CCN3C(=O)CN2C(=O)NC(C)(c3ccc4c(c3)OCO4)C2=O)cs1. The predicted octanol–water partition coefficient (Wildman–Crippen LogP) is 3.20. The quantitative estimate of drug-likeness (QED) is 0.564. The zero-order valence-electron chi connectivity index (χ0n) is 19.2. The van der Waals surface area contributed by atoms with Crippen LogP contribution in [0.2, 0.25) is 0 Å². The normalized spacial score (nSPS) is 20.4. The van der Waals surface area contributed by atoms with Crippen LogP contribution in [0.4, 0.5) is 10.5 Å². The van der Waals surface area contributed by atoms with Gasteiger partial charge in [0.15, 0.2) is 11.5 Å². The van der Waals surface area contributed by atoms with Crippen molar-refractivity contribution in [2.75, 3.05) is 24.8 Å². The maximum atomic E-state index is 13.3. The summed E-state index contributed by atoms with van der Waals surface area (Å²) in [6, 6.07) is 10.4. The number of amides is 4. The molecule has 1 saturated heterocycles. The molecule has 0 radical (unpaired) electrons. The van der Waals surface area contributed by atoms with Crippen LogP contribution in [0.5, 0.6) is 11.5 Å². The van der Waals surface area contributed by atoms with Crippen LogP contribution in [0.25, 0.3) is 11.3 Å². The topological polar surface area (TPSA) is 101 Å². The lowest BCUT2D eigenvalue weighted by molar-refractivity contribution is -0.134. The molecule has 0 saturated carbocycles. The summed E-state index contributed by atoms with van der Waals surface area (Å²) in [6.45, 7) is 3.87. The molecule has 10 heteroatoms. The minimum atomic E-state index is -1.30. The van der Waals surface area contributed by atoms with E-state index in [0.29, 0.717) is 30.0 Å². The van der Waals surface area contributed by atoms with Gasteiger partial charge in [-0.15, -0.1) is 11.3 Å². The first-order chi connectivity index (χ1) is 16.8. The third kappa shape index (κ3) is 3.44. The fourth-order valence-electron chi connectivity index (χ4n) is 4.78. The third-order valence-corrected chi connectivity index (χ3v) is 7.48. The molecule has 3 aliphatic heterocycles. The van der Waals surface area contributed by atoms with Crippen LogP contribution in [0.1, 0.15) is 23.1 Å². The molecule has 1 atom stereocenters. The predicted molar refractivity (Wildman–Crippen MR) is 129 cm³/mol. The number of rotatable bonds is 4. The molecular formula is C25H22N4O5S. The van der Waals surface area contributed by atoms with Crippen molar-refractivity contribution in [3.05, 3.63) is 57.9 Å². The third-order valence-electron chi connectivity index (χ3n) is 6.71. The van der Waals surface area contributed by atoms with E-state index in [1.165, 1.54) is 0 Å². The van der Waals surface area contributed by atoms with Gasteiger partial charge in [0.05, 0.1) is 10.7 Å². The van der Waals surface area contributed by atoms with Gasteiger partial charge < -0.3 is 19.7 Å². The molecule has 3 aromatic rings. The number of hydrogen-bond acceptors (Lipinski definition) is 7. The molecule has 0 spiro atoms. The summed E-state index contributed by atoms with van der Waals surface area (Å²) in [4.78, 5) is 46.5. The van der Waals surface area contributed by atoms with Gasteiger partial charge >= 0.3 is 6.03 Å². The van der Waals surface area contributed by atoms with E-state index in [4.69, 9.17) is 9.47 Å². The Kier molecular flexibility index (Phi) is 4.82. The van der Waals surface area contributed by atoms with Gasteiger partial charge in [0.25, 0.3) is 5.91 Å². The van der Waals surface area contributed by atoms with Gasteiger partial charge in [-0.05, 0) is 55.7 Å². The Labute approximate surface area is 205 Å². The van der Waals surface area contributed by atoms with Crippen molar-refractivity contribution >= 4 is 34.9 Å². The van der Waals surface area contributed by atoms with Gasteiger partial charge in [-0.3, -0.25) is 14.5 Å². The Bertz CT molecular complexity index is 1400. The van der Waals surface area contributed by atoms with Gasteiger partial charge in [-0.25, -0.2) is 9.78 Å². The standard InChI is InChI=1S/C25H22N4O5S/c1-14-26-18(12-35-14)15-3-5-19-16(9-15)7-8-28(19)22(30)11-29-23(31)25(2,27-24(29)32)17-4-6-20-21(10-17)34-13-33-20/h3-6,9-10,12H,7-8,11,13H2,1-2H3,(H,27,32). The summed E-state index contributed by atoms with van der Waals surface area (Å²) in [6.07, 6.45) is 0.701. The number of aryl methyl sites for hydroxylation is 1. The molecule has 6 rings (SSSR count). The van der Waals surface area contributed by atoms with E-state index < -0.39 is 17.5 Å². The molecule has 4 amide bonds. The maximum Gasteiger partial charge on any atom is 0.325 e. The van der Waals surface area contributed by atoms with E-state index in [1.807, 2.05) is 24.4 Å². The van der Waals surface area contributed by atoms with E-state index in [9.17, 15) is 14.4 Å². The number of aromatic nitrogens is 1. The first-order valence-electron chi connectivity index (χ1n) is 11.2. The van der Waals surface area contributed by atoms with Gasteiger partial charge in [0.1, 0.15) is 12.1 Å². The van der Waals surface area contributed by atoms with Crippen LogP contribution in [-0.2, 0) is 21.5 Å². The molecule has 178 valence electrons. The summed E-state index contributed by atoms with van der Waals surface area (Å²) in [5.41, 5.74) is 3.03. The van der Waals surface area contributed by atoms with E-state index in [2.05, 4.69) is 16.4 Å². The number of nitrogens with zero attached hydrogens (tertiary/aromatic N) is 3. The second-order valence-electron chi connectivity index (χ2n) is 8.91. The van der Waals surface area contributed by atoms with Crippen LogP contribution >= 0.6 is 11.3 Å². The highest BCUT2D eigenvalue weighted by molar-refractivity contribution is 7.09. The van der Waals surface area contributed by atoms with Crippen LogP contribution in [-0.4, -0.2) is 47.6 Å². The Morgan fingerprint density at radius 1 is 1.17 bits per heavy atom. The summed E-state index contributed by atoms with van der Waals surface area (Å²) in [5, 5.41) is 5.76. The van der Waals surface area contributed by atoms with Crippen molar-refractivity contribution in [1.82, 2.24) is 15.2 Å². The Hall–Kier alpha value is -3.92. The van der Waals surface area contributed by atoms with Crippen molar-refractivity contribution in [1.29, 1.82) is 0 Å². The number of nitrogens with one attached hydrogen (secondary N) is 1. The number of ether oxygens (including phenoxy) is 2. The van der Waals surface area contributed by atoms with Crippen LogP contribution < -0.4 is 19.7 Å². The van der Waals surface area contributed by atoms with E-state index in [-0.39, 0.29) is 19.2 Å². The molecular weight excluding hydrogens is 468 g/mol. The minimum absolute atomic E-state index is 0.110. The van der Waals surface area contributed by atoms with Crippen molar-refractivity contribution in [3.63, 3.8) is 0 Å². The number of thiazole rings is 1. The second kappa shape index (κ2) is 7.81. The van der Waals surface area contributed by atoms with Crippen molar-refractivity contribution in [2.24, 2.45) is 0 Å². The molecule has 9 nitrogen and oxygen atoms in total. The van der Waals surface area contributed by atoms with E-state index in [1.54, 1.807) is 41.4 Å². The lowest BCUT2D eigenvalue weighted by Gasteiger charge is -2.23. The van der Waals surface area contributed by atoms with E-state index in [0.717, 1.165) is 32.4 Å². The summed E-state index contributed by atoms with van der Waals surface area (Å²) in [5.74, 6) is 0.311. The molecule has 0 bridgehead atoms. The highest BCUT2D eigenvalue weighted by atomic mass is 32.1. The molecule has 3 aliphatic rings. The molecule has 4 heterocycles. The monoisotopic (exact) mass is 490 g/mol. The highest BCUT2D eigenvalue weighted by Crippen LogP contribution is 2.38. The lowest BCUT2D eigenvalue weighted by Crippen LogP contribution is -2.44. The first-order valence-corrected chi connectivity index (χ1v) is 12.1. The number of urea groups is 1. The minimum Gasteiger partial charge on any atom is -0.454 e. The fourth-order valence-corrected chi connectivity index (χ4v) is 5.40. The second-order valence-corrected chi connectivity index (χ2v) is 9.97. The molecule has 2 aromatic carbocycles. The number of fused-ring (bicyclic) bond motifs is 2. The molecule has 1 N–H and O–H groups in total. The average molecular weight is 491 g/mol. The Morgan fingerprint density at radius 3 is 2.80 bits per heavy atom. The van der Waals surface area contributed by atoms with Gasteiger partial charge in [0.2, 0.25) is 12.7 Å². The number of carbonyl (C=O) groups excluding carboxylic acids is 3. The number of benzene rings is 2. The van der Waals surface area contributed by atoms with Crippen LogP contribution in [0, 0.1) is 6.92 Å². The average Bonchev–Trinajstić information content (AvgIpc) is 3.62. The van der Waals surface area contributed by atoms with Gasteiger partial charge in [0, 0.05) is 23.2 Å². The number of anilines is 1. The zero-order chi connectivity index (χ0) is 24.3. The highest BCUT2D eigenvalue weighted by Gasteiger charge is 2.50. The largest absolute Gasteiger partial charge is 0.454 e. The zero-order valence-corrected chi connectivity index (χ0v) is 20.0. The van der Waals surface area contributed by atoms with Crippen molar-refractivity contribution < 1.29 is 23.9 Å². The van der Waals surface area contributed by atoms with Crippen molar-refractivity contribution in [2.45, 2.75) is 25.8 Å². The van der Waals surface area contributed by atoms with E-state index >= 15 is 0 Å². The molecule has 35 heavy (non-hydrogen) atoms. The molecule has 1 unspecified atom stereocenters. The van der Waals surface area contributed by atoms with Gasteiger partial charge in [-0.1, -0.05) is 12.1 Å². The Balaban J connectivity index is 1.20. The summed E-state index contributed by atoms with van der Waals surface area (Å²) >= 11 is 1.60. The molecule has 1 fully saturated rings. The summed E-state index contributed by atoms with van der Waals surface area (Å²) < 4.78 is 10.7. The first kappa shape index (κ1) is 21.6. The fraction of sp³-hybridized carbons (Fsp3) is 0.280. The smallest absolute Gasteiger partial charge is 0.325 e.